The quantitative estimate of drug-likeness (QED) is 0.812. The molecule has 0 spiro atoms. The van der Waals surface area contributed by atoms with E-state index >= 15 is 0 Å². The fourth-order valence-corrected chi connectivity index (χ4v) is 2.38. The molecule has 4 nitrogen and oxygen atoms in total. The summed E-state index contributed by atoms with van der Waals surface area (Å²) in [5, 5.41) is 12.5. The van der Waals surface area contributed by atoms with Crippen LogP contribution in [-0.4, -0.2) is 28.8 Å². The number of carboxylic acids is 1. The monoisotopic (exact) mass is 297 g/mol. The summed E-state index contributed by atoms with van der Waals surface area (Å²) in [4.78, 5) is 11.5. The number of hydrogen-bond acceptors (Lipinski definition) is 3. The van der Waals surface area contributed by atoms with Crippen molar-refractivity contribution in [1.82, 2.24) is 5.32 Å². The Kier molecular flexibility index (Phi) is 5.72. The third-order valence-corrected chi connectivity index (χ3v) is 3.24. The van der Waals surface area contributed by atoms with Crippen LogP contribution in [0.15, 0.2) is 18.2 Å². The maximum absolute atomic E-state index is 13.2. The zero-order valence-corrected chi connectivity index (χ0v) is 13.2. The Hall–Kier alpha value is -1.62. The van der Waals surface area contributed by atoms with Gasteiger partial charge in [-0.05, 0) is 58.4 Å². The molecule has 1 aromatic rings. The van der Waals surface area contributed by atoms with E-state index < -0.39 is 11.5 Å². The summed E-state index contributed by atoms with van der Waals surface area (Å²) >= 11 is 0. The molecule has 0 radical (unpaired) electrons. The third kappa shape index (κ3) is 5.01. The van der Waals surface area contributed by atoms with Crippen molar-refractivity contribution < 1.29 is 19.0 Å². The molecule has 2 atom stereocenters. The van der Waals surface area contributed by atoms with E-state index in [1.165, 1.54) is 6.07 Å². The smallest absolute Gasteiger partial charge is 0.323 e. The van der Waals surface area contributed by atoms with Crippen molar-refractivity contribution in [3.8, 4) is 5.75 Å². The van der Waals surface area contributed by atoms with Crippen LogP contribution in [0.4, 0.5) is 4.39 Å². The Morgan fingerprint density at radius 3 is 2.52 bits per heavy atom. The number of halogens is 1. The number of rotatable bonds is 7. The van der Waals surface area contributed by atoms with Gasteiger partial charge in [-0.1, -0.05) is 0 Å². The molecule has 0 bridgehead atoms. The van der Waals surface area contributed by atoms with E-state index in [0.717, 1.165) is 0 Å². The Bertz CT molecular complexity index is 504. The van der Waals surface area contributed by atoms with Crippen LogP contribution in [0.2, 0.25) is 0 Å². The fourth-order valence-electron chi connectivity index (χ4n) is 2.38. The van der Waals surface area contributed by atoms with Gasteiger partial charge in [0.05, 0.1) is 6.10 Å². The first-order valence-electron chi connectivity index (χ1n) is 7.08. The molecule has 0 aliphatic rings. The maximum atomic E-state index is 13.2. The van der Waals surface area contributed by atoms with Gasteiger partial charge in [-0.25, -0.2) is 4.39 Å². The molecule has 2 N–H and O–H groups in total. The molecule has 118 valence electrons. The summed E-state index contributed by atoms with van der Waals surface area (Å²) in [7, 11) is 0. The molecule has 0 saturated heterocycles. The molecule has 1 rings (SSSR count). The second kappa shape index (κ2) is 6.89. The largest absolute Gasteiger partial charge is 0.491 e. The molecule has 0 fully saturated rings. The van der Waals surface area contributed by atoms with Gasteiger partial charge in [0.25, 0.3) is 0 Å². The number of ether oxygens (including phenoxy) is 1. The SMILES string of the molecule is Cc1cc(OC(C)CC(C)(NC(C)C)C(=O)O)ccc1F. The predicted octanol–water partition coefficient (Wildman–Crippen LogP) is 3.13. The number of benzene rings is 1. The summed E-state index contributed by atoms with van der Waals surface area (Å²) in [6.45, 7) is 8.91. The van der Waals surface area contributed by atoms with E-state index in [1.807, 2.05) is 20.8 Å². The number of carbonyl (C=O) groups is 1. The van der Waals surface area contributed by atoms with Gasteiger partial charge < -0.3 is 9.84 Å². The lowest BCUT2D eigenvalue weighted by molar-refractivity contribution is -0.145. The molecule has 0 aliphatic heterocycles. The Morgan fingerprint density at radius 2 is 2.05 bits per heavy atom. The van der Waals surface area contributed by atoms with E-state index in [4.69, 9.17) is 4.74 Å². The van der Waals surface area contributed by atoms with Crippen LogP contribution >= 0.6 is 0 Å². The molecule has 21 heavy (non-hydrogen) atoms. The van der Waals surface area contributed by atoms with Crippen molar-refractivity contribution in [2.75, 3.05) is 0 Å². The van der Waals surface area contributed by atoms with Gasteiger partial charge in [0, 0.05) is 12.5 Å². The summed E-state index contributed by atoms with van der Waals surface area (Å²) < 4.78 is 18.9. The summed E-state index contributed by atoms with van der Waals surface area (Å²) in [6, 6.07) is 4.55. The lowest BCUT2D eigenvalue weighted by Crippen LogP contribution is -2.54. The lowest BCUT2D eigenvalue weighted by atomic mass is 9.94. The van der Waals surface area contributed by atoms with Crippen LogP contribution < -0.4 is 10.1 Å². The normalized spacial score (nSPS) is 15.6. The molecular formula is C16H24FNO3. The van der Waals surface area contributed by atoms with Gasteiger partial charge in [-0.15, -0.1) is 0 Å². The van der Waals surface area contributed by atoms with Crippen molar-refractivity contribution in [1.29, 1.82) is 0 Å². The van der Waals surface area contributed by atoms with Crippen LogP contribution in [0.5, 0.6) is 5.75 Å². The van der Waals surface area contributed by atoms with Crippen molar-refractivity contribution in [3.63, 3.8) is 0 Å². The number of hydrogen-bond donors (Lipinski definition) is 2. The van der Waals surface area contributed by atoms with Crippen LogP contribution in [0.3, 0.4) is 0 Å². The second-order valence-electron chi connectivity index (χ2n) is 5.98. The van der Waals surface area contributed by atoms with Gasteiger partial charge in [0.2, 0.25) is 0 Å². The highest BCUT2D eigenvalue weighted by Gasteiger charge is 2.35. The maximum Gasteiger partial charge on any atom is 0.323 e. The predicted molar refractivity (Wildman–Crippen MR) is 80.2 cm³/mol. The average molecular weight is 297 g/mol. The average Bonchev–Trinajstić information content (AvgIpc) is 2.32. The number of carboxylic acid groups (broad SMARTS) is 1. The molecule has 0 amide bonds. The first-order chi connectivity index (χ1) is 9.64. The molecule has 0 saturated carbocycles. The standard InChI is InChI=1S/C16H24FNO3/c1-10(2)18-16(5,15(19)20)9-12(4)21-13-6-7-14(17)11(3)8-13/h6-8,10,12,18H,9H2,1-5H3,(H,19,20). The minimum atomic E-state index is -1.07. The minimum Gasteiger partial charge on any atom is -0.491 e. The van der Waals surface area contributed by atoms with E-state index in [1.54, 1.807) is 26.0 Å². The second-order valence-corrected chi connectivity index (χ2v) is 5.98. The molecule has 5 heteroatoms. The highest BCUT2D eigenvalue weighted by Crippen LogP contribution is 2.21. The Balaban J connectivity index is 2.76. The van der Waals surface area contributed by atoms with E-state index in [0.29, 0.717) is 17.7 Å². The summed E-state index contributed by atoms with van der Waals surface area (Å²) in [6.07, 6.45) is -0.0149. The number of aryl methyl sites for hydroxylation is 1. The molecule has 1 aromatic carbocycles. The number of nitrogens with one attached hydrogen (secondary N) is 1. The Morgan fingerprint density at radius 1 is 1.43 bits per heavy atom. The van der Waals surface area contributed by atoms with E-state index in [9.17, 15) is 14.3 Å². The molecule has 0 aliphatic carbocycles. The zero-order valence-electron chi connectivity index (χ0n) is 13.2. The van der Waals surface area contributed by atoms with Crippen molar-refractivity contribution in [2.45, 2.75) is 58.7 Å². The van der Waals surface area contributed by atoms with Gasteiger partial charge in [-0.3, -0.25) is 10.1 Å². The van der Waals surface area contributed by atoms with E-state index in [2.05, 4.69) is 5.32 Å². The van der Waals surface area contributed by atoms with Crippen molar-refractivity contribution in [3.05, 3.63) is 29.6 Å². The highest BCUT2D eigenvalue weighted by atomic mass is 19.1. The fraction of sp³-hybridized carbons (Fsp3) is 0.562. The molecule has 2 unspecified atom stereocenters. The molecule has 0 heterocycles. The van der Waals surface area contributed by atoms with Crippen LogP contribution in [0, 0.1) is 12.7 Å². The number of aliphatic carboxylic acids is 1. The lowest BCUT2D eigenvalue weighted by Gasteiger charge is -2.31. The van der Waals surface area contributed by atoms with Crippen LogP contribution in [0.25, 0.3) is 0 Å². The van der Waals surface area contributed by atoms with Crippen LogP contribution in [0.1, 0.15) is 39.7 Å². The van der Waals surface area contributed by atoms with Gasteiger partial charge in [0.15, 0.2) is 0 Å². The zero-order chi connectivity index (χ0) is 16.2. The first-order valence-corrected chi connectivity index (χ1v) is 7.08. The van der Waals surface area contributed by atoms with E-state index in [-0.39, 0.29) is 18.0 Å². The first kappa shape index (κ1) is 17.4. The van der Waals surface area contributed by atoms with Crippen molar-refractivity contribution >= 4 is 5.97 Å². The van der Waals surface area contributed by atoms with Gasteiger partial charge >= 0.3 is 5.97 Å². The van der Waals surface area contributed by atoms with Crippen LogP contribution in [-0.2, 0) is 4.79 Å². The molecule has 0 aromatic heterocycles. The summed E-state index contributed by atoms with van der Waals surface area (Å²) in [5.74, 6) is -0.660. The Labute approximate surface area is 125 Å². The minimum absolute atomic E-state index is 0.0476. The van der Waals surface area contributed by atoms with Crippen molar-refractivity contribution in [2.24, 2.45) is 0 Å². The van der Waals surface area contributed by atoms with Gasteiger partial charge in [0.1, 0.15) is 17.1 Å². The van der Waals surface area contributed by atoms with Gasteiger partial charge in [-0.2, -0.15) is 0 Å². The summed E-state index contributed by atoms with van der Waals surface area (Å²) in [5.41, 5.74) is -0.566. The topological polar surface area (TPSA) is 58.6 Å². The third-order valence-electron chi connectivity index (χ3n) is 3.24. The molecular weight excluding hydrogens is 273 g/mol. The highest BCUT2D eigenvalue weighted by molar-refractivity contribution is 5.78.